The molecule has 7 nitrogen and oxygen atoms in total. The van der Waals surface area contributed by atoms with Crippen LogP contribution in [0.25, 0.3) is 0 Å². The van der Waals surface area contributed by atoms with Crippen molar-refractivity contribution in [2.75, 3.05) is 10.6 Å². The zero-order chi connectivity index (χ0) is 25.2. The Hall–Kier alpha value is -3.47. The minimum Gasteiger partial charge on any atom is -0.393 e. The lowest BCUT2D eigenvalue weighted by molar-refractivity contribution is 0.102. The van der Waals surface area contributed by atoms with Crippen LogP contribution < -0.4 is 10.6 Å². The Labute approximate surface area is 198 Å². The van der Waals surface area contributed by atoms with E-state index in [1.165, 1.54) is 24.4 Å². The zero-order valence-corrected chi connectivity index (χ0v) is 17.8. The van der Waals surface area contributed by atoms with Crippen LogP contribution in [0.5, 0.6) is 0 Å². The van der Waals surface area contributed by atoms with Gasteiger partial charge in [0.2, 0.25) is 0 Å². The van der Waals surface area contributed by atoms with Crippen LogP contribution in [0.15, 0.2) is 67.1 Å². The Morgan fingerprint density at radius 3 is 2.69 bits per heavy atom. The molecule has 0 spiro atoms. The lowest BCUT2D eigenvalue weighted by Gasteiger charge is -2.21. The van der Waals surface area contributed by atoms with Gasteiger partial charge in [0.1, 0.15) is 5.82 Å². The van der Waals surface area contributed by atoms with Gasteiger partial charge in [-0.25, -0.2) is 4.98 Å². The van der Waals surface area contributed by atoms with Crippen molar-refractivity contribution >= 4 is 29.8 Å². The van der Waals surface area contributed by atoms with Crippen LogP contribution in [0, 0.1) is 11.3 Å². The van der Waals surface area contributed by atoms with Crippen molar-refractivity contribution in [2.45, 2.75) is 37.3 Å². The van der Waals surface area contributed by atoms with E-state index in [0.717, 1.165) is 5.56 Å². The second-order valence-electron chi connectivity index (χ2n) is 7.39. The van der Waals surface area contributed by atoms with Gasteiger partial charge in [0.25, 0.3) is 5.91 Å². The maximum Gasteiger partial charge on any atom is 0.259 e. The molecule has 2 aromatic heterocycles. The minimum atomic E-state index is -2.23. The number of nitrogens with one attached hydrogen (secondary N) is 2. The fraction of sp³-hybridized carbons (Fsp3) is 0.250. The highest BCUT2D eigenvalue weighted by Crippen LogP contribution is 2.41. The third-order valence-corrected chi connectivity index (χ3v) is 5.34. The lowest BCUT2D eigenvalue weighted by atomic mass is 9.80. The molecule has 1 fully saturated rings. The van der Waals surface area contributed by atoms with E-state index >= 15 is 0 Å². The summed E-state index contributed by atoms with van der Waals surface area (Å²) in [5.74, 6) is -0.530. The van der Waals surface area contributed by atoms with Gasteiger partial charge in [0.15, 0.2) is 0 Å². The van der Waals surface area contributed by atoms with Crippen molar-refractivity contribution in [1.82, 2.24) is 9.97 Å². The molecule has 0 bridgehead atoms. The third kappa shape index (κ3) is 5.05. The smallest absolute Gasteiger partial charge is 0.259 e. The average molecular weight is 454 g/mol. The first-order chi connectivity index (χ1) is 16.6. The minimum absolute atomic E-state index is 0. The number of carbonyl (C=O) groups is 1. The van der Waals surface area contributed by atoms with Crippen molar-refractivity contribution in [2.24, 2.45) is 0 Å². The van der Waals surface area contributed by atoms with Crippen LogP contribution in [0.3, 0.4) is 0 Å². The normalized spacial score (nSPS) is 21.7. The van der Waals surface area contributed by atoms with E-state index in [0.29, 0.717) is 24.9 Å². The largest absolute Gasteiger partial charge is 0.393 e. The molecule has 0 unspecified atom stereocenters. The molecule has 8 heteroatoms. The molecular formula is C24H24ClN5O2. The quantitative estimate of drug-likeness (QED) is 0.518. The Balaban J connectivity index is 0.00000361. The van der Waals surface area contributed by atoms with E-state index in [1.54, 1.807) is 30.3 Å². The number of pyridine rings is 2. The topological polar surface area (TPSA) is 111 Å². The van der Waals surface area contributed by atoms with Gasteiger partial charge in [0, 0.05) is 30.7 Å². The molecule has 32 heavy (non-hydrogen) atoms. The molecule has 2 atom stereocenters. The van der Waals surface area contributed by atoms with Crippen molar-refractivity contribution in [3.8, 4) is 6.07 Å². The van der Waals surface area contributed by atoms with Gasteiger partial charge < -0.3 is 15.7 Å². The molecule has 3 aromatic rings. The second-order valence-corrected chi connectivity index (χ2v) is 7.39. The number of aliphatic hydroxyl groups excluding tert-OH is 1. The van der Waals surface area contributed by atoms with E-state index in [4.69, 9.17) is 5.48 Å². The number of hydrogen-bond donors (Lipinski definition) is 3. The Morgan fingerprint density at radius 1 is 1.28 bits per heavy atom. The van der Waals surface area contributed by atoms with E-state index < -0.39 is 23.9 Å². The van der Waals surface area contributed by atoms with Crippen LogP contribution >= 0.6 is 12.4 Å². The Bertz CT molecular complexity index is 1280. The van der Waals surface area contributed by atoms with Gasteiger partial charge in [-0.05, 0) is 66.8 Å². The summed E-state index contributed by atoms with van der Waals surface area (Å²) in [6.07, 6.45) is 1.95. The van der Waals surface area contributed by atoms with Crippen molar-refractivity contribution in [3.63, 3.8) is 0 Å². The fourth-order valence-electron chi connectivity index (χ4n) is 3.69. The highest BCUT2D eigenvalue weighted by Gasteiger charge is 2.40. The molecule has 4 rings (SSSR count). The number of carbonyl (C=O) groups excluding carboxylic acids is 1. The molecule has 0 radical (unpaired) electrons. The third-order valence-electron chi connectivity index (χ3n) is 5.34. The summed E-state index contributed by atoms with van der Waals surface area (Å²) in [4.78, 5) is 20.7. The second kappa shape index (κ2) is 10.2. The first-order valence-corrected chi connectivity index (χ1v) is 9.82. The highest BCUT2D eigenvalue weighted by molar-refractivity contribution is 6.07. The molecule has 1 saturated carbocycles. The number of nitrogens with zero attached hydrogens (tertiary/aromatic N) is 3. The standard InChI is InChI=1S/C24H23N5O2.ClH/c25-16-24(10-7-20(30)14-24)18-3-5-19(6-4-18)29-23(31)21-2-1-11-27-22(21)28-15-17-8-12-26-13-9-17;/h1-6,8-9,11-13,20,30H,7,10,14-15H2,(H,27,28)(H,29,31);1H/t20-,24+;/m1./s1/i12D,13D,15D2;. The van der Waals surface area contributed by atoms with Crippen molar-refractivity contribution in [1.29, 1.82) is 5.26 Å². The molecule has 1 aliphatic carbocycles. The molecular weight excluding hydrogens is 426 g/mol. The van der Waals surface area contributed by atoms with Gasteiger partial charge in [-0.2, -0.15) is 5.26 Å². The molecule has 3 N–H and O–H groups in total. The zero-order valence-electron chi connectivity index (χ0n) is 21.0. The summed E-state index contributed by atoms with van der Waals surface area (Å²) in [6.45, 7) is -2.23. The number of aromatic nitrogens is 2. The summed E-state index contributed by atoms with van der Waals surface area (Å²) in [5.41, 5.74) is 0.637. The average Bonchev–Trinajstić information content (AvgIpc) is 3.21. The summed E-state index contributed by atoms with van der Waals surface area (Å²) < 4.78 is 32.0. The first kappa shape index (κ1) is 18.1. The molecule has 1 aromatic carbocycles. The van der Waals surface area contributed by atoms with Crippen molar-refractivity contribution < 1.29 is 15.4 Å². The van der Waals surface area contributed by atoms with Gasteiger partial charge in [0.05, 0.1) is 28.6 Å². The number of hydrogen-bond acceptors (Lipinski definition) is 6. The number of anilines is 2. The number of aliphatic hydroxyl groups is 1. The summed E-state index contributed by atoms with van der Waals surface area (Å²) in [7, 11) is 0. The van der Waals surface area contributed by atoms with Crippen LogP contribution in [0.2, 0.25) is 0 Å². The Morgan fingerprint density at radius 2 is 2.03 bits per heavy atom. The Kier molecular flexibility index (Phi) is 5.80. The van der Waals surface area contributed by atoms with Gasteiger partial charge in [-0.3, -0.25) is 9.78 Å². The maximum atomic E-state index is 13.0. The van der Waals surface area contributed by atoms with E-state index in [-0.39, 0.29) is 41.7 Å². The van der Waals surface area contributed by atoms with Crippen LogP contribution in [-0.4, -0.2) is 27.1 Å². The van der Waals surface area contributed by atoms with E-state index in [9.17, 15) is 15.2 Å². The predicted octanol–water partition coefficient (Wildman–Crippen LogP) is 4.07. The van der Waals surface area contributed by atoms with Gasteiger partial charge in [-0.1, -0.05) is 12.1 Å². The molecule has 164 valence electrons. The number of nitriles is 1. The highest BCUT2D eigenvalue weighted by atomic mass is 35.5. The number of benzene rings is 1. The van der Waals surface area contributed by atoms with Crippen LogP contribution in [0.4, 0.5) is 11.5 Å². The van der Waals surface area contributed by atoms with E-state index in [2.05, 4.69) is 26.7 Å². The maximum absolute atomic E-state index is 13.0. The monoisotopic (exact) mass is 453 g/mol. The van der Waals surface area contributed by atoms with Crippen LogP contribution in [-0.2, 0) is 11.9 Å². The summed E-state index contributed by atoms with van der Waals surface area (Å²) >= 11 is 0. The number of halogens is 1. The summed E-state index contributed by atoms with van der Waals surface area (Å²) in [5, 5.41) is 24.9. The number of amides is 1. The molecule has 0 saturated heterocycles. The molecule has 1 amide bonds. The van der Waals surface area contributed by atoms with Crippen LogP contribution in [0.1, 0.15) is 46.2 Å². The van der Waals surface area contributed by atoms with Crippen molar-refractivity contribution in [3.05, 3.63) is 83.8 Å². The molecule has 0 aliphatic heterocycles. The lowest BCUT2D eigenvalue weighted by Crippen LogP contribution is -2.21. The molecule has 1 aliphatic rings. The van der Waals surface area contributed by atoms with Gasteiger partial charge in [-0.15, -0.1) is 12.4 Å². The molecule has 2 heterocycles. The summed E-state index contributed by atoms with van der Waals surface area (Å²) in [6, 6.07) is 14.7. The SMILES string of the molecule is Cl.[2H]c1cc(C([2H])([2H])Nc2ncccc2C(=O)Nc2ccc([C@@]3(C#N)CC[C@@H](O)C3)cc2)cc([2H])n1. The number of rotatable bonds is 6. The fourth-order valence-corrected chi connectivity index (χ4v) is 3.69. The van der Waals surface area contributed by atoms with Gasteiger partial charge >= 0.3 is 0 Å². The predicted molar refractivity (Wildman–Crippen MR) is 125 cm³/mol. The van der Waals surface area contributed by atoms with E-state index in [1.807, 2.05) is 0 Å². The first-order valence-electron chi connectivity index (χ1n) is 11.8.